The molecule has 1 fully saturated rings. The van der Waals surface area contributed by atoms with Gasteiger partial charge in [0.1, 0.15) is 17.5 Å². The van der Waals surface area contributed by atoms with Gasteiger partial charge in [-0.1, -0.05) is 56.5 Å². The minimum Gasteiger partial charge on any atom is -0.497 e. The van der Waals surface area contributed by atoms with Crippen LogP contribution in [0.15, 0.2) is 48.5 Å². The van der Waals surface area contributed by atoms with Gasteiger partial charge in [0.15, 0.2) is 0 Å². The van der Waals surface area contributed by atoms with Crippen molar-refractivity contribution in [3.05, 3.63) is 59.7 Å². The van der Waals surface area contributed by atoms with E-state index in [0.717, 1.165) is 43.2 Å². The highest BCUT2D eigenvalue weighted by molar-refractivity contribution is 5.91. The van der Waals surface area contributed by atoms with Crippen molar-refractivity contribution in [3.63, 3.8) is 0 Å². The summed E-state index contributed by atoms with van der Waals surface area (Å²) in [5.41, 5.74) is 1.73. The summed E-state index contributed by atoms with van der Waals surface area (Å²) >= 11 is 0. The number of unbranched alkanes of at least 4 members (excludes halogenated alkanes) is 2. The molecule has 3 amide bonds. The fourth-order valence-electron chi connectivity index (χ4n) is 5.31. The van der Waals surface area contributed by atoms with Gasteiger partial charge in [-0.2, -0.15) is 0 Å². The van der Waals surface area contributed by atoms with E-state index in [1.165, 1.54) is 0 Å². The summed E-state index contributed by atoms with van der Waals surface area (Å²) in [5.74, 6) is -0.0481. The Kier molecular flexibility index (Phi) is 12.9. The number of methoxy groups -OCH3 is 2. The van der Waals surface area contributed by atoms with E-state index in [4.69, 9.17) is 9.47 Å². The van der Waals surface area contributed by atoms with Crippen molar-refractivity contribution in [2.24, 2.45) is 5.92 Å². The molecule has 1 heterocycles. The number of aliphatic hydroxyl groups is 1. The summed E-state index contributed by atoms with van der Waals surface area (Å²) < 4.78 is 10.7. The standard InChI is InChI=1S/C32H45N3O6/c1-4-5-7-13-24(19-30(37)33-21-25-15-16-27(40-2)20-29(25)41-3)31(38)34-28(18-23-11-8-6-9-12-23)32(39)35-17-10-14-26(35)22-36/h6,8-9,11-12,15-16,20,24,26,28,36H,4-5,7,10,13-14,17-19,21-22H2,1-3H3,(H,33,37)(H,34,38)/t24-,26+,28+/m1/s1. The van der Waals surface area contributed by atoms with Gasteiger partial charge in [0.2, 0.25) is 17.7 Å². The topological polar surface area (TPSA) is 117 Å². The van der Waals surface area contributed by atoms with Crippen molar-refractivity contribution in [2.45, 2.75) is 76.9 Å². The molecule has 224 valence electrons. The van der Waals surface area contributed by atoms with Crippen molar-refractivity contribution in [2.75, 3.05) is 27.4 Å². The van der Waals surface area contributed by atoms with E-state index in [2.05, 4.69) is 17.6 Å². The highest BCUT2D eigenvalue weighted by atomic mass is 16.5. The summed E-state index contributed by atoms with van der Waals surface area (Å²) in [6.07, 6.45) is 5.22. The molecule has 0 unspecified atom stereocenters. The maximum absolute atomic E-state index is 13.6. The molecule has 0 radical (unpaired) electrons. The molecule has 1 saturated heterocycles. The third kappa shape index (κ3) is 9.49. The highest BCUT2D eigenvalue weighted by Crippen LogP contribution is 2.25. The number of benzene rings is 2. The lowest BCUT2D eigenvalue weighted by Crippen LogP contribution is -2.53. The molecule has 0 spiro atoms. The van der Waals surface area contributed by atoms with Crippen molar-refractivity contribution in [1.82, 2.24) is 15.5 Å². The third-order valence-corrected chi connectivity index (χ3v) is 7.70. The van der Waals surface area contributed by atoms with Crippen molar-refractivity contribution >= 4 is 17.7 Å². The molecular weight excluding hydrogens is 522 g/mol. The van der Waals surface area contributed by atoms with Crippen molar-refractivity contribution in [3.8, 4) is 11.5 Å². The maximum atomic E-state index is 13.6. The first-order valence-electron chi connectivity index (χ1n) is 14.6. The first-order valence-corrected chi connectivity index (χ1v) is 14.6. The fraction of sp³-hybridized carbons (Fsp3) is 0.531. The van der Waals surface area contributed by atoms with Gasteiger partial charge >= 0.3 is 0 Å². The molecular formula is C32H45N3O6. The number of likely N-dealkylation sites (tertiary alicyclic amines) is 1. The fourth-order valence-corrected chi connectivity index (χ4v) is 5.31. The Balaban J connectivity index is 1.71. The van der Waals surface area contributed by atoms with Crippen molar-refractivity contribution in [1.29, 1.82) is 0 Å². The summed E-state index contributed by atoms with van der Waals surface area (Å²) in [7, 11) is 3.14. The van der Waals surface area contributed by atoms with Gasteiger partial charge in [-0.05, 0) is 37.0 Å². The van der Waals surface area contributed by atoms with Crippen LogP contribution in [0.1, 0.15) is 63.0 Å². The molecule has 0 aliphatic carbocycles. The predicted molar refractivity (Wildman–Crippen MR) is 158 cm³/mol. The summed E-state index contributed by atoms with van der Waals surface area (Å²) in [5, 5.41) is 15.7. The quantitative estimate of drug-likeness (QED) is 0.267. The van der Waals surface area contributed by atoms with E-state index in [1.807, 2.05) is 36.4 Å². The highest BCUT2D eigenvalue weighted by Gasteiger charge is 2.35. The van der Waals surface area contributed by atoms with Crippen LogP contribution in [0.25, 0.3) is 0 Å². The third-order valence-electron chi connectivity index (χ3n) is 7.70. The lowest BCUT2D eigenvalue weighted by molar-refractivity contribution is -0.139. The van der Waals surface area contributed by atoms with Crippen LogP contribution in [-0.4, -0.2) is 67.2 Å². The molecule has 0 saturated carbocycles. The molecule has 3 atom stereocenters. The Morgan fingerprint density at radius 2 is 1.85 bits per heavy atom. The molecule has 3 rings (SSSR count). The van der Waals surface area contributed by atoms with Crippen LogP contribution in [0.5, 0.6) is 11.5 Å². The number of amides is 3. The van der Waals surface area contributed by atoms with Gasteiger partial charge in [0, 0.05) is 43.5 Å². The first-order chi connectivity index (χ1) is 19.9. The summed E-state index contributed by atoms with van der Waals surface area (Å²) in [6, 6.07) is 14.0. The number of rotatable bonds is 16. The number of nitrogens with zero attached hydrogens (tertiary/aromatic N) is 1. The zero-order valence-electron chi connectivity index (χ0n) is 24.6. The van der Waals surface area contributed by atoms with E-state index in [0.29, 0.717) is 30.9 Å². The molecule has 9 heteroatoms. The van der Waals surface area contributed by atoms with E-state index >= 15 is 0 Å². The van der Waals surface area contributed by atoms with E-state index in [-0.39, 0.29) is 43.3 Å². The molecule has 0 bridgehead atoms. The zero-order valence-corrected chi connectivity index (χ0v) is 24.6. The SMILES string of the molecule is CCCCC[C@H](CC(=O)NCc1ccc(OC)cc1OC)C(=O)N[C@@H](Cc1ccccc1)C(=O)N1CCC[C@H]1CO. The minimum atomic E-state index is -0.780. The van der Waals surface area contributed by atoms with Crippen LogP contribution in [0.4, 0.5) is 0 Å². The van der Waals surface area contributed by atoms with Gasteiger partial charge in [-0.15, -0.1) is 0 Å². The summed E-state index contributed by atoms with van der Waals surface area (Å²) in [6.45, 7) is 2.80. The van der Waals surface area contributed by atoms with Gasteiger partial charge in [-0.25, -0.2) is 0 Å². The molecule has 0 aromatic heterocycles. The maximum Gasteiger partial charge on any atom is 0.245 e. The monoisotopic (exact) mass is 567 g/mol. The molecule has 9 nitrogen and oxygen atoms in total. The van der Waals surface area contributed by atoms with Crippen LogP contribution >= 0.6 is 0 Å². The number of hydrogen-bond donors (Lipinski definition) is 3. The van der Waals surface area contributed by atoms with Crippen LogP contribution in [0.3, 0.4) is 0 Å². The predicted octanol–water partition coefficient (Wildman–Crippen LogP) is 3.62. The molecule has 1 aliphatic heterocycles. The number of carbonyl (C=O) groups is 3. The van der Waals surface area contributed by atoms with Crippen molar-refractivity contribution < 1.29 is 29.0 Å². The second kappa shape index (κ2) is 16.6. The Bertz CT molecular complexity index is 1130. The largest absolute Gasteiger partial charge is 0.497 e. The summed E-state index contributed by atoms with van der Waals surface area (Å²) in [4.78, 5) is 42.0. The van der Waals surface area contributed by atoms with Gasteiger partial charge in [0.05, 0.1) is 26.9 Å². The van der Waals surface area contributed by atoms with Crippen LogP contribution < -0.4 is 20.1 Å². The second-order valence-corrected chi connectivity index (χ2v) is 10.6. The van der Waals surface area contributed by atoms with Gasteiger partial charge in [-0.3, -0.25) is 14.4 Å². The number of ether oxygens (including phenoxy) is 2. The van der Waals surface area contributed by atoms with E-state index < -0.39 is 12.0 Å². The first kappa shape index (κ1) is 31.9. The molecule has 3 N–H and O–H groups in total. The Morgan fingerprint density at radius 1 is 1.07 bits per heavy atom. The van der Waals surface area contributed by atoms with Crippen LogP contribution in [0.2, 0.25) is 0 Å². The smallest absolute Gasteiger partial charge is 0.245 e. The lowest BCUT2D eigenvalue weighted by atomic mass is 9.95. The van der Waals surface area contributed by atoms with Gasteiger partial charge < -0.3 is 30.1 Å². The van der Waals surface area contributed by atoms with Crippen LogP contribution in [-0.2, 0) is 27.3 Å². The lowest BCUT2D eigenvalue weighted by Gasteiger charge is -2.29. The second-order valence-electron chi connectivity index (χ2n) is 10.6. The number of hydrogen-bond acceptors (Lipinski definition) is 6. The Hall–Kier alpha value is -3.59. The molecule has 41 heavy (non-hydrogen) atoms. The van der Waals surface area contributed by atoms with Gasteiger partial charge in [0.25, 0.3) is 0 Å². The number of nitrogens with one attached hydrogen (secondary N) is 2. The number of aliphatic hydroxyl groups excluding tert-OH is 1. The number of carbonyl (C=O) groups excluding carboxylic acids is 3. The average molecular weight is 568 g/mol. The van der Waals surface area contributed by atoms with E-state index in [9.17, 15) is 19.5 Å². The normalized spacial score (nSPS) is 16.1. The van der Waals surface area contributed by atoms with E-state index in [1.54, 1.807) is 31.3 Å². The minimum absolute atomic E-state index is 0.0171. The molecule has 2 aromatic rings. The Morgan fingerprint density at radius 3 is 2.54 bits per heavy atom. The average Bonchev–Trinajstić information content (AvgIpc) is 3.48. The van der Waals surface area contributed by atoms with Crippen LogP contribution in [0, 0.1) is 5.92 Å². The zero-order chi connectivity index (χ0) is 29.6. The molecule has 1 aliphatic rings. The molecule has 2 aromatic carbocycles. The Labute approximate surface area is 243 Å².